The summed E-state index contributed by atoms with van der Waals surface area (Å²) in [6.45, 7) is 4.41. The Morgan fingerprint density at radius 1 is 0.885 bits per heavy atom. The summed E-state index contributed by atoms with van der Waals surface area (Å²) in [4.78, 5) is 5.14. The average Bonchev–Trinajstić information content (AvgIpc) is 2.63. The van der Waals surface area contributed by atoms with E-state index >= 15 is 0 Å². The Balaban J connectivity index is 1.17. The Hall–Kier alpha value is -0.840. The van der Waals surface area contributed by atoms with E-state index in [0.29, 0.717) is 0 Å². The predicted octanol–water partition coefficient (Wildman–Crippen LogP) is 4.48. The predicted molar refractivity (Wildman–Crippen MR) is 112 cm³/mol. The van der Waals surface area contributed by atoms with E-state index in [1.165, 1.54) is 32.1 Å². The zero-order valence-electron chi connectivity index (χ0n) is 15.2. The normalized spacial score (nSPS) is 36.3. The summed E-state index contributed by atoms with van der Waals surface area (Å²) < 4.78 is 0. The zero-order chi connectivity index (χ0) is 17.7. The molecule has 1 heterocycles. The molecule has 0 amide bonds. The van der Waals surface area contributed by atoms with Crippen LogP contribution in [0.2, 0.25) is 5.02 Å². The fourth-order valence-electron chi connectivity index (χ4n) is 6.45. The maximum Gasteiger partial charge on any atom is 0.173 e. The van der Waals surface area contributed by atoms with E-state index in [-0.39, 0.29) is 0 Å². The van der Waals surface area contributed by atoms with E-state index in [1.807, 2.05) is 24.3 Å². The number of benzene rings is 1. The van der Waals surface area contributed by atoms with Crippen LogP contribution in [0.5, 0.6) is 0 Å². The minimum absolute atomic E-state index is 0.755. The molecule has 4 bridgehead atoms. The molecule has 26 heavy (non-hydrogen) atoms. The van der Waals surface area contributed by atoms with Crippen LogP contribution in [0.1, 0.15) is 32.1 Å². The quantitative estimate of drug-likeness (QED) is 0.751. The van der Waals surface area contributed by atoms with Crippen molar-refractivity contribution >= 4 is 34.6 Å². The van der Waals surface area contributed by atoms with Crippen molar-refractivity contribution in [1.29, 1.82) is 0 Å². The molecule has 0 spiro atoms. The van der Waals surface area contributed by atoms with Gasteiger partial charge >= 0.3 is 0 Å². The Bertz CT molecular complexity index is 640. The molecule has 1 saturated heterocycles. The summed E-state index contributed by atoms with van der Waals surface area (Å²) in [6, 6.07) is 8.63. The van der Waals surface area contributed by atoms with Gasteiger partial charge in [-0.15, -0.1) is 0 Å². The fourth-order valence-corrected chi connectivity index (χ4v) is 6.88. The molecule has 1 aromatic carbocycles. The smallest absolute Gasteiger partial charge is 0.173 e. The van der Waals surface area contributed by atoms with Crippen LogP contribution in [0.25, 0.3) is 0 Å². The van der Waals surface area contributed by atoms with Crippen molar-refractivity contribution in [3.05, 3.63) is 29.3 Å². The van der Waals surface area contributed by atoms with Gasteiger partial charge < -0.3 is 10.2 Å². The maximum absolute atomic E-state index is 5.96. The molecule has 3 nitrogen and oxygen atoms in total. The van der Waals surface area contributed by atoms with Crippen molar-refractivity contribution in [1.82, 2.24) is 9.80 Å². The lowest BCUT2D eigenvalue weighted by Crippen LogP contribution is -2.60. The first-order valence-electron chi connectivity index (χ1n) is 10.2. The first kappa shape index (κ1) is 17.3. The molecule has 140 valence electrons. The monoisotopic (exact) mass is 389 g/mol. The van der Waals surface area contributed by atoms with Crippen molar-refractivity contribution in [2.75, 3.05) is 31.5 Å². The summed E-state index contributed by atoms with van der Waals surface area (Å²) in [7, 11) is 0. The number of piperazine rings is 1. The third-order valence-electron chi connectivity index (χ3n) is 7.30. The molecule has 5 fully saturated rings. The second kappa shape index (κ2) is 6.96. The zero-order valence-corrected chi connectivity index (χ0v) is 16.8. The van der Waals surface area contributed by atoms with Gasteiger partial charge in [0.25, 0.3) is 0 Å². The number of thiocarbonyl (C=S) groups is 1. The van der Waals surface area contributed by atoms with E-state index in [4.69, 9.17) is 23.8 Å². The molecular formula is C21H28ClN3S. The van der Waals surface area contributed by atoms with Gasteiger partial charge in [0.1, 0.15) is 0 Å². The number of nitrogens with one attached hydrogen (secondary N) is 1. The molecule has 1 aliphatic heterocycles. The van der Waals surface area contributed by atoms with Gasteiger partial charge in [0, 0.05) is 42.9 Å². The molecule has 1 aromatic rings. The van der Waals surface area contributed by atoms with Crippen molar-refractivity contribution in [2.24, 2.45) is 23.7 Å². The third-order valence-corrected chi connectivity index (χ3v) is 7.91. The number of rotatable bonds is 2. The van der Waals surface area contributed by atoms with Crippen LogP contribution in [0, 0.1) is 23.7 Å². The van der Waals surface area contributed by atoms with Gasteiger partial charge in [0.15, 0.2) is 5.11 Å². The van der Waals surface area contributed by atoms with Gasteiger partial charge in [-0.25, -0.2) is 0 Å². The molecule has 1 N–H and O–H groups in total. The van der Waals surface area contributed by atoms with E-state index in [1.54, 1.807) is 0 Å². The second-order valence-electron chi connectivity index (χ2n) is 8.88. The highest BCUT2D eigenvalue weighted by atomic mass is 35.5. The van der Waals surface area contributed by atoms with E-state index in [9.17, 15) is 0 Å². The molecule has 6 rings (SSSR count). The van der Waals surface area contributed by atoms with Crippen LogP contribution in [0.15, 0.2) is 24.3 Å². The van der Waals surface area contributed by atoms with Gasteiger partial charge in [-0.3, -0.25) is 4.90 Å². The SMILES string of the molecule is S=C(Nc1ccc(Cl)cc1)N1CCN(C2C3CC4CC(C3)CC2C4)CC1. The molecule has 0 aromatic heterocycles. The minimum Gasteiger partial charge on any atom is -0.346 e. The van der Waals surface area contributed by atoms with E-state index < -0.39 is 0 Å². The number of hydrogen-bond acceptors (Lipinski definition) is 2. The lowest BCUT2D eigenvalue weighted by molar-refractivity contribution is -0.0726. The lowest BCUT2D eigenvalue weighted by atomic mass is 9.54. The fraction of sp³-hybridized carbons (Fsp3) is 0.667. The van der Waals surface area contributed by atoms with Crippen LogP contribution < -0.4 is 5.32 Å². The van der Waals surface area contributed by atoms with Gasteiger partial charge in [0.05, 0.1) is 0 Å². The molecule has 0 radical (unpaired) electrons. The lowest BCUT2D eigenvalue weighted by Gasteiger charge is -2.58. The van der Waals surface area contributed by atoms with Gasteiger partial charge in [-0.1, -0.05) is 11.6 Å². The highest BCUT2D eigenvalue weighted by Crippen LogP contribution is 2.55. The highest BCUT2D eigenvalue weighted by molar-refractivity contribution is 7.80. The highest BCUT2D eigenvalue weighted by Gasteiger charge is 2.50. The largest absolute Gasteiger partial charge is 0.346 e. The summed E-state index contributed by atoms with van der Waals surface area (Å²) in [5.74, 6) is 4.09. The van der Waals surface area contributed by atoms with E-state index in [2.05, 4.69) is 15.1 Å². The number of nitrogens with zero attached hydrogens (tertiary/aromatic N) is 2. The van der Waals surface area contributed by atoms with Crippen LogP contribution in [-0.2, 0) is 0 Å². The molecular weight excluding hydrogens is 362 g/mol. The van der Waals surface area contributed by atoms with Crippen molar-refractivity contribution < 1.29 is 0 Å². The number of hydrogen-bond donors (Lipinski definition) is 1. The first-order valence-corrected chi connectivity index (χ1v) is 11.0. The topological polar surface area (TPSA) is 18.5 Å². The van der Waals surface area contributed by atoms with Crippen LogP contribution in [-0.4, -0.2) is 47.1 Å². The molecule has 4 aliphatic carbocycles. The molecule has 5 heteroatoms. The van der Waals surface area contributed by atoms with Crippen molar-refractivity contribution in [2.45, 2.75) is 38.1 Å². The van der Waals surface area contributed by atoms with Crippen LogP contribution in [0.4, 0.5) is 5.69 Å². The number of halogens is 1. The third kappa shape index (κ3) is 3.25. The second-order valence-corrected chi connectivity index (χ2v) is 9.70. The summed E-state index contributed by atoms with van der Waals surface area (Å²) in [6.07, 6.45) is 7.57. The molecule has 4 saturated carbocycles. The average molecular weight is 390 g/mol. The Kier molecular flexibility index (Phi) is 4.62. The Labute approximate surface area is 167 Å². The van der Waals surface area contributed by atoms with Crippen molar-refractivity contribution in [3.8, 4) is 0 Å². The van der Waals surface area contributed by atoms with Gasteiger partial charge in [0.2, 0.25) is 0 Å². The van der Waals surface area contributed by atoms with Crippen molar-refractivity contribution in [3.63, 3.8) is 0 Å². The standard InChI is InChI=1S/C21H28ClN3S/c22-18-1-3-19(4-2-18)23-21(26)25-7-5-24(6-8-25)20-16-10-14-9-15(12-16)13-17(20)11-14/h1-4,14-17,20H,5-13H2,(H,23,26). The van der Waals surface area contributed by atoms with Crippen LogP contribution in [0.3, 0.4) is 0 Å². The Morgan fingerprint density at radius 2 is 1.46 bits per heavy atom. The molecule has 0 atom stereocenters. The summed E-state index contributed by atoms with van der Waals surface area (Å²) in [5, 5.41) is 4.96. The number of anilines is 1. The maximum atomic E-state index is 5.96. The summed E-state index contributed by atoms with van der Waals surface area (Å²) >= 11 is 11.6. The minimum atomic E-state index is 0.755. The molecule has 0 unspecified atom stereocenters. The summed E-state index contributed by atoms with van der Waals surface area (Å²) in [5.41, 5.74) is 1.02. The van der Waals surface area contributed by atoms with Gasteiger partial charge in [-0.05, 0) is 92.3 Å². The first-order chi connectivity index (χ1) is 12.7. The molecule has 5 aliphatic rings. The van der Waals surface area contributed by atoms with Gasteiger partial charge in [-0.2, -0.15) is 0 Å². The van der Waals surface area contributed by atoms with E-state index in [0.717, 1.165) is 71.7 Å². The Morgan fingerprint density at radius 3 is 2.04 bits per heavy atom. The van der Waals surface area contributed by atoms with Crippen LogP contribution >= 0.6 is 23.8 Å².